The van der Waals surface area contributed by atoms with Crippen LogP contribution in [0.1, 0.15) is 23.9 Å². The van der Waals surface area contributed by atoms with E-state index in [1.165, 1.54) is 0 Å². The SMILES string of the molecule is CCc1cc(=O)c(C)c(CNc2ccc(-c3ccc(OC)cc3)cc2)[nH]1. The van der Waals surface area contributed by atoms with Gasteiger partial charge in [-0.3, -0.25) is 4.79 Å². The molecule has 0 spiro atoms. The van der Waals surface area contributed by atoms with Gasteiger partial charge in [-0.05, 0) is 48.7 Å². The predicted octanol–water partition coefficient (Wildman–Crippen LogP) is 4.53. The summed E-state index contributed by atoms with van der Waals surface area (Å²) >= 11 is 0. The molecule has 1 heterocycles. The Balaban J connectivity index is 1.72. The Morgan fingerprint density at radius 2 is 1.62 bits per heavy atom. The fourth-order valence-electron chi connectivity index (χ4n) is 2.86. The summed E-state index contributed by atoms with van der Waals surface area (Å²) in [7, 11) is 1.67. The Kier molecular flexibility index (Phi) is 5.42. The molecule has 0 atom stereocenters. The van der Waals surface area contributed by atoms with E-state index < -0.39 is 0 Å². The van der Waals surface area contributed by atoms with Crippen molar-refractivity contribution in [2.75, 3.05) is 12.4 Å². The largest absolute Gasteiger partial charge is 0.497 e. The average Bonchev–Trinajstić information content (AvgIpc) is 2.69. The Morgan fingerprint density at radius 1 is 1.00 bits per heavy atom. The standard InChI is InChI=1S/C22H24N2O2/c1-4-18-13-22(25)15(2)21(24-18)14-23-19-9-5-16(6-10-19)17-7-11-20(26-3)12-8-17/h5-13,23H,4,14H2,1-3H3,(H,24,25). The minimum absolute atomic E-state index is 0.0900. The topological polar surface area (TPSA) is 54.1 Å². The summed E-state index contributed by atoms with van der Waals surface area (Å²) in [6, 6.07) is 18.0. The second-order valence-electron chi connectivity index (χ2n) is 6.28. The number of H-pyrrole nitrogens is 1. The molecule has 0 radical (unpaired) electrons. The molecule has 0 aliphatic rings. The van der Waals surface area contributed by atoms with Crippen LogP contribution in [0.15, 0.2) is 59.4 Å². The number of aryl methyl sites for hydroxylation is 1. The maximum absolute atomic E-state index is 12.0. The van der Waals surface area contributed by atoms with Crippen molar-refractivity contribution in [2.24, 2.45) is 0 Å². The molecule has 3 aromatic rings. The van der Waals surface area contributed by atoms with Crippen LogP contribution in [0.4, 0.5) is 5.69 Å². The maximum Gasteiger partial charge on any atom is 0.185 e. The molecule has 3 rings (SSSR count). The lowest BCUT2D eigenvalue weighted by atomic mass is 10.1. The molecule has 26 heavy (non-hydrogen) atoms. The van der Waals surface area contributed by atoms with Gasteiger partial charge in [0.2, 0.25) is 0 Å². The van der Waals surface area contributed by atoms with Gasteiger partial charge in [-0.2, -0.15) is 0 Å². The molecule has 0 aliphatic carbocycles. The zero-order valence-corrected chi connectivity index (χ0v) is 15.4. The summed E-state index contributed by atoms with van der Waals surface area (Å²) in [6.07, 6.45) is 0.819. The van der Waals surface area contributed by atoms with E-state index in [9.17, 15) is 4.79 Å². The number of ether oxygens (including phenoxy) is 1. The summed E-state index contributed by atoms with van der Waals surface area (Å²) in [6.45, 7) is 4.49. The van der Waals surface area contributed by atoms with Crippen molar-refractivity contribution < 1.29 is 4.74 Å². The van der Waals surface area contributed by atoms with Crippen LogP contribution in [0, 0.1) is 6.92 Å². The van der Waals surface area contributed by atoms with E-state index in [1.54, 1.807) is 13.2 Å². The number of rotatable bonds is 6. The van der Waals surface area contributed by atoms with Crippen LogP contribution in [0.3, 0.4) is 0 Å². The number of anilines is 1. The first-order valence-electron chi connectivity index (χ1n) is 8.80. The summed E-state index contributed by atoms with van der Waals surface area (Å²) in [5, 5.41) is 3.39. The molecule has 0 amide bonds. The van der Waals surface area contributed by atoms with E-state index in [0.29, 0.717) is 6.54 Å². The van der Waals surface area contributed by atoms with E-state index in [0.717, 1.165) is 45.9 Å². The Morgan fingerprint density at radius 3 is 2.19 bits per heavy atom. The van der Waals surface area contributed by atoms with Gasteiger partial charge in [0.25, 0.3) is 0 Å². The summed E-state index contributed by atoms with van der Waals surface area (Å²) in [5.74, 6) is 0.853. The van der Waals surface area contributed by atoms with Gasteiger partial charge in [-0.15, -0.1) is 0 Å². The van der Waals surface area contributed by atoms with Crippen LogP contribution in [0.5, 0.6) is 5.75 Å². The first-order valence-corrected chi connectivity index (χ1v) is 8.80. The van der Waals surface area contributed by atoms with Gasteiger partial charge in [-0.1, -0.05) is 31.2 Å². The highest BCUT2D eigenvalue weighted by molar-refractivity contribution is 5.66. The van der Waals surface area contributed by atoms with E-state index in [2.05, 4.69) is 34.6 Å². The molecular formula is C22H24N2O2. The van der Waals surface area contributed by atoms with Gasteiger partial charge in [0.05, 0.1) is 13.7 Å². The number of nitrogens with one attached hydrogen (secondary N) is 2. The number of methoxy groups -OCH3 is 1. The average molecular weight is 348 g/mol. The second kappa shape index (κ2) is 7.91. The van der Waals surface area contributed by atoms with Gasteiger partial charge < -0.3 is 15.0 Å². The van der Waals surface area contributed by atoms with Crippen molar-refractivity contribution in [1.29, 1.82) is 0 Å². The number of pyridine rings is 1. The molecule has 0 saturated carbocycles. The molecule has 0 aliphatic heterocycles. The lowest BCUT2D eigenvalue weighted by Crippen LogP contribution is -2.14. The fourth-order valence-corrected chi connectivity index (χ4v) is 2.86. The minimum Gasteiger partial charge on any atom is -0.497 e. The number of hydrogen-bond donors (Lipinski definition) is 2. The summed E-state index contributed by atoms with van der Waals surface area (Å²) in [5.41, 5.74) is 6.07. The van der Waals surface area contributed by atoms with Crippen LogP contribution < -0.4 is 15.5 Å². The minimum atomic E-state index is 0.0900. The second-order valence-corrected chi connectivity index (χ2v) is 6.28. The van der Waals surface area contributed by atoms with Gasteiger partial charge in [-0.25, -0.2) is 0 Å². The highest BCUT2D eigenvalue weighted by Crippen LogP contribution is 2.24. The molecule has 4 nitrogen and oxygen atoms in total. The molecule has 1 aromatic heterocycles. The molecule has 0 fully saturated rings. The molecule has 0 saturated heterocycles. The predicted molar refractivity (Wildman–Crippen MR) is 107 cm³/mol. The van der Waals surface area contributed by atoms with Crippen LogP contribution in [0.2, 0.25) is 0 Å². The molecule has 2 N–H and O–H groups in total. The normalized spacial score (nSPS) is 10.6. The van der Waals surface area contributed by atoms with Gasteiger partial charge in [0.15, 0.2) is 5.43 Å². The van der Waals surface area contributed by atoms with E-state index in [-0.39, 0.29) is 5.43 Å². The molecule has 2 aromatic carbocycles. The van der Waals surface area contributed by atoms with Crippen LogP contribution in [-0.4, -0.2) is 12.1 Å². The van der Waals surface area contributed by atoms with Crippen molar-refractivity contribution in [3.63, 3.8) is 0 Å². The van der Waals surface area contributed by atoms with Crippen molar-refractivity contribution in [2.45, 2.75) is 26.8 Å². The van der Waals surface area contributed by atoms with Gasteiger partial charge in [0.1, 0.15) is 5.75 Å². The lowest BCUT2D eigenvalue weighted by molar-refractivity contribution is 0.415. The number of benzene rings is 2. The van der Waals surface area contributed by atoms with Crippen molar-refractivity contribution in [3.8, 4) is 16.9 Å². The third-order valence-corrected chi connectivity index (χ3v) is 4.60. The molecule has 4 heteroatoms. The molecule has 134 valence electrons. The third-order valence-electron chi connectivity index (χ3n) is 4.60. The van der Waals surface area contributed by atoms with Crippen LogP contribution in [-0.2, 0) is 13.0 Å². The van der Waals surface area contributed by atoms with Crippen molar-refractivity contribution in [3.05, 3.63) is 81.8 Å². The monoisotopic (exact) mass is 348 g/mol. The van der Waals surface area contributed by atoms with Crippen molar-refractivity contribution >= 4 is 5.69 Å². The molecule has 0 unspecified atom stereocenters. The van der Waals surface area contributed by atoms with Gasteiger partial charge >= 0.3 is 0 Å². The number of aromatic nitrogens is 1. The van der Waals surface area contributed by atoms with Crippen LogP contribution in [0.25, 0.3) is 11.1 Å². The van der Waals surface area contributed by atoms with E-state index in [4.69, 9.17) is 4.74 Å². The fraction of sp³-hybridized carbons (Fsp3) is 0.227. The Bertz CT molecular complexity index is 926. The third kappa shape index (κ3) is 3.97. The first-order chi connectivity index (χ1) is 12.6. The first kappa shape index (κ1) is 17.8. The highest BCUT2D eigenvalue weighted by Gasteiger charge is 2.05. The molecule has 0 bridgehead atoms. The van der Waals surface area contributed by atoms with E-state index >= 15 is 0 Å². The Hall–Kier alpha value is -3.01. The molecular weight excluding hydrogens is 324 g/mol. The Labute approximate surface area is 153 Å². The number of aromatic amines is 1. The van der Waals surface area contributed by atoms with E-state index in [1.807, 2.05) is 38.1 Å². The summed E-state index contributed by atoms with van der Waals surface area (Å²) in [4.78, 5) is 15.4. The maximum atomic E-state index is 12.0. The van der Waals surface area contributed by atoms with Gasteiger partial charge in [0, 0.05) is 28.7 Å². The quantitative estimate of drug-likeness (QED) is 0.688. The summed E-state index contributed by atoms with van der Waals surface area (Å²) < 4.78 is 5.20. The lowest BCUT2D eigenvalue weighted by Gasteiger charge is -2.11. The zero-order valence-electron chi connectivity index (χ0n) is 15.4. The zero-order chi connectivity index (χ0) is 18.5. The number of hydrogen-bond acceptors (Lipinski definition) is 3. The van der Waals surface area contributed by atoms with Crippen molar-refractivity contribution in [1.82, 2.24) is 4.98 Å². The smallest absolute Gasteiger partial charge is 0.185 e. The highest BCUT2D eigenvalue weighted by atomic mass is 16.5. The van der Waals surface area contributed by atoms with Crippen LogP contribution >= 0.6 is 0 Å².